The summed E-state index contributed by atoms with van der Waals surface area (Å²) in [6.45, 7) is 19.7. The number of carbonyl (C=O) groups is 4. The quantitative estimate of drug-likeness (QED) is 0.0155. The van der Waals surface area contributed by atoms with E-state index in [9.17, 15) is 0 Å². The first-order valence-corrected chi connectivity index (χ1v) is 54.9. The molecule has 4 amide bonds. The Balaban J connectivity index is 0.956. The minimum Gasteiger partial charge on any atom is -0.489 e. The third-order valence-electron chi connectivity index (χ3n) is 28.7. The molecule has 720 valence electrons. The van der Waals surface area contributed by atoms with Gasteiger partial charge in [-0.1, -0.05) is 400 Å². The van der Waals surface area contributed by atoms with Crippen LogP contribution in [0.3, 0.4) is 0 Å². The predicted octanol–water partition coefficient (Wildman–Crippen LogP) is 34.3. The van der Waals surface area contributed by atoms with Crippen LogP contribution in [0.5, 0.6) is 34.5 Å². The van der Waals surface area contributed by atoms with Gasteiger partial charge in [0.1, 0.15) is 0 Å². The van der Waals surface area contributed by atoms with Crippen LogP contribution in [0.2, 0.25) is 0 Å². The van der Waals surface area contributed by atoms with Gasteiger partial charge in [0.25, 0.3) is 23.6 Å². The Hall–Kier alpha value is -7.48. The van der Waals surface area contributed by atoms with Crippen LogP contribution in [-0.4, -0.2) is 89.4 Å². The van der Waals surface area contributed by atoms with Crippen molar-refractivity contribution >= 4 is 89.5 Å². The fourth-order valence-corrected chi connectivity index (χ4v) is 21.0. The number of hydrogen-bond donors (Lipinski definition) is 0. The maximum Gasteiger partial charge on any atom is 0.266 e. The first-order valence-electron chi connectivity index (χ1n) is 54.9. The summed E-state index contributed by atoms with van der Waals surface area (Å²) in [6.07, 6.45) is 76.4. The molecule has 7 aromatic rings. The Morgan fingerprint density at radius 1 is 0.215 bits per heavy atom. The number of amides is 4. The highest BCUT2D eigenvalue weighted by atomic mass is 16.5. The highest BCUT2D eigenvalue weighted by molar-refractivity contribution is 6.47. The van der Waals surface area contributed by atoms with Gasteiger partial charge >= 0.3 is 0 Å². The molecule has 0 radical (unpaired) electrons. The fourth-order valence-electron chi connectivity index (χ4n) is 21.0. The largest absolute Gasteiger partial charge is 0.489 e. The lowest BCUT2D eigenvalue weighted by Gasteiger charge is -2.34. The first-order chi connectivity index (χ1) is 64.2. The van der Waals surface area contributed by atoms with Gasteiger partial charge < -0.3 is 38.2 Å². The average Bonchev–Trinajstić information content (AvgIpc) is 0.812. The lowest BCUT2D eigenvalue weighted by atomic mass is 9.80. The van der Waals surface area contributed by atoms with Crippen molar-refractivity contribution in [2.45, 2.75) is 452 Å². The Kier molecular flexibility index (Phi) is 47.0. The van der Waals surface area contributed by atoms with E-state index in [1.807, 2.05) is 36.4 Å². The summed E-state index contributed by atoms with van der Waals surface area (Å²) in [6, 6.07) is 19.8. The van der Waals surface area contributed by atoms with E-state index in [-0.39, 0.29) is 0 Å². The number of ether oxygens (including phenoxy) is 6. The molecule has 4 aliphatic rings. The summed E-state index contributed by atoms with van der Waals surface area (Å²) in [5.41, 5.74) is 4.42. The average molecular weight is 1790 g/mol. The number of fused-ring (bicyclic) bond motifs is 2. The van der Waals surface area contributed by atoms with Crippen LogP contribution in [0.15, 0.2) is 60.7 Å². The molecule has 14 nitrogen and oxygen atoms in total. The predicted molar refractivity (Wildman–Crippen MR) is 550 cm³/mol. The molecular formula is C116H176N4O10. The molecule has 0 spiro atoms. The summed E-state index contributed by atoms with van der Waals surface area (Å²) >= 11 is 0. The summed E-state index contributed by atoms with van der Waals surface area (Å²) in [5.74, 6) is 1.46. The van der Waals surface area contributed by atoms with Crippen molar-refractivity contribution in [1.82, 2.24) is 0 Å². The third-order valence-corrected chi connectivity index (χ3v) is 28.7. The minimum absolute atomic E-state index is 0.397. The van der Waals surface area contributed by atoms with E-state index in [0.717, 1.165) is 198 Å². The Labute approximate surface area is 787 Å². The van der Waals surface area contributed by atoms with Crippen molar-refractivity contribution in [2.75, 3.05) is 85.4 Å². The second-order valence-corrected chi connectivity index (χ2v) is 39.5. The number of hydrogen-bond acceptors (Lipinski definition) is 12. The van der Waals surface area contributed by atoms with Crippen molar-refractivity contribution in [2.24, 2.45) is 0 Å². The standard InChI is InChI=1S/C116H176N4O10/c1-7-13-19-25-31-37-43-49-55-65-79-125-101-85-91(86-102(126-80-66-56-50-44-38-32-26-20-14-8-2)111(101)129-83-69-59-53-47-41-35-29-23-17-11-5)119-113(121)95-73-71-93-108-100(118-77-63-64-78-118)90-98-106-96(74-72-94(110(106)108)107-99(117-75-61-62-76-117)89-97(115(119)123)105(95)109(93)107)114(122)120(116(98)124)92-87-103(127-81-67-57-51-45-39-33-27-21-15-9-3)112(130-84-70-60-54-48-42-36-30-24-18-12-6)104(88-92)128-82-68-58-52-46-40-34-28-22-16-10-4/h71-74,85-90H,7-70,75-84H2,1-6H3. The molecule has 0 bridgehead atoms. The molecule has 14 heteroatoms. The third kappa shape index (κ3) is 30.3. The summed E-state index contributed by atoms with van der Waals surface area (Å²) in [7, 11) is 0. The highest BCUT2D eigenvalue weighted by Crippen LogP contribution is 2.55. The molecule has 0 N–H and O–H groups in total. The van der Waals surface area contributed by atoms with E-state index < -0.39 is 23.6 Å². The molecule has 130 heavy (non-hydrogen) atoms. The van der Waals surface area contributed by atoms with Gasteiger partial charge in [-0.05, 0) is 99.2 Å². The number of rotatable bonds is 76. The molecule has 2 fully saturated rings. The lowest BCUT2D eigenvalue weighted by molar-refractivity contribution is 0.0877. The van der Waals surface area contributed by atoms with Crippen molar-refractivity contribution in [3.8, 4) is 34.5 Å². The maximum atomic E-state index is 16.5. The molecule has 7 aromatic carbocycles. The van der Waals surface area contributed by atoms with Crippen LogP contribution in [0.25, 0.3) is 43.1 Å². The van der Waals surface area contributed by atoms with E-state index in [1.54, 1.807) is 0 Å². The van der Waals surface area contributed by atoms with Gasteiger partial charge in [0, 0.05) is 105 Å². The number of benzene rings is 7. The Morgan fingerprint density at radius 2 is 0.415 bits per heavy atom. The van der Waals surface area contributed by atoms with E-state index in [4.69, 9.17) is 28.4 Å². The van der Waals surface area contributed by atoms with Crippen molar-refractivity contribution in [3.05, 3.63) is 82.9 Å². The molecule has 0 unspecified atom stereocenters. The molecule has 4 heterocycles. The molecular weight excluding hydrogens is 1610 g/mol. The van der Waals surface area contributed by atoms with Crippen molar-refractivity contribution in [1.29, 1.82) is 0 Å². The lowest BCUT2D eigenvalue weighted by Crippen LogP contribution is -2.41. The summed E-state index contributed by atoms with van der Waals surface area (Å²) in [4.78, 5) is 73.3. The molecule has 0 atom stereocenters. The number of nitrogens with zero attached hydrogens (tertiary/aromatic N) is 4. The molecule has 0 aliphatic carbocycles. The number of unbranched alkanes of at least 4 members (excludes halogenated alkanes) is 54. The second-order valence-electron chi connectivity index (χ2n) is 39.5. The second kappa shape index (κ2) is 59.3. The first kappa shape index (κ1) is 103. The van der Waals surface area contributed by atoms with E-state index in [0.29, 0.717) is 119 Å². The van der Waals surface area contributed by atoms with Gasteiger partial charge in [0.05, 0.1) is 62.1 Å². The maximum absolute atomic E-state index is 16.5. The molecule has 11 rings (SSSR count). The van der Waals surface area contributed by atoms with E-state index >= 15 is 19.2 Å². The summed E-state index contributed by atoms with van der Waals surface area (Å²) < 4.78 is 41.7. The van der Waals surface area contributed by atoms with Gasteiger partial charge in [0.15, 0.2) is 23.0 Å². The van der Waals surface area contributed by atoms with Gasteiger partial charge in [-0.2, -0.15) is 0 Å². The van der Waals surface area contributed by atoms with E-state index in [2.05, 4.69) is 75.6 Å². The Morgan fingerprint density at radius 3 is 0.638 bits per heavy atom. The number of carbonyl (C=O) groups excluding carboxylic acids is 4. The van der Waals surface area contributed by atoms with Crippen LogP contribution < -0.4 is 48.0 Å². The zero-order valence-electron chi connectivity index (χ0n) is 83.0. The molecule has 4 aliphatic heterocycles. The van der Waals surface area contributed by atoms with Crippen LogP contribution >= 0.6 is 0 Å². The zero-order chi connectivity index (χ0) is 91.0. The monoisotopic (exact) mass is 1790 g/mol. The van der Waals surface area contributed by atoms with E-state index in [1.165, 1.54) is 292 Å². The normalized spacial score (nSPS) is 14.0. The Bertz CT molecular complexity index is 4090. The zero-order valence-corrected chi connectivity index (χ0v) is 83.0. The smallest absolute Gasteiger partial charge is 0.266 e. The molecule has 0 saturated carbocycles. The molecule has 0 aromatic heterocycles. The number of imide groups is 2. The number of anilines is 4. The SMILES string of the molecule is CCCCCCCCCCCCOc1cc(N2C(=O)c3ccc4c5c(N6CCCC6)cc6c7c(ccc(c8c(N9CCCC9)cc(c3c48)C2=O)c75)C(=O)N(c2cc(OCCCCCCCCCCCC)c(OCCCCCCCCCCCC)c(OCCCCCCCCCCCC)c2)C6=O)cc(OCCCCCCCCCCCC)c1OCCCCCCCCCCCC. The van der Waals surface area contributed by atoms with Gasteiger partial charge in [-0.25, -0.2) is 9.80 Å². The van der Waals surface area contributed by atoms with Gasteiger partial charge in [-0.15, -0.1) is 0 Å². The van der Waals surface area contributed by atoms with Crippen molar-refractivity contribution < 1.29 is 47.6 Å². The van der Waals surface area contributed by atoms with Crippen molar-refractivity contribution in [3.63, 3.8) is 0 Å². The van der Waals surface area contributed by atoms with Gasteiger partial charge in [0.2, 0.25) is 11.5 Å². The fraction of sp³-hybridized carbons (Fsp3) is 0.690. The topological polar surface area (TPSA) is 137 Å². The van der Waals surface area contributed by atoms with Gasteiger partial charge in [-0.3, -0.25) is 19.2 Å². The highest BCUT2D eigenvalue weighted by Gasteiger charge is 2.42. The summed E-state index contributed by atoms with van der Waals surface area (Å²) in [5, 5.41) is 6.60. The van der Waals surface area contributed by atoms with Crippen LogP contribution in [0, 0.1) is 0 Å². The van der Waals surface area contributed by atoms with Crippen LogP contribution in [-0.2, 0) is 0 Å². The van der Waals surface area contributed by atoms with Crippen LogP contribution in [0.1, 0.15) is 494 Å². The molecule has 2 saturated heterocycles. The minimum atomic E-state index is -0.412. The van der Waals surface area contributed by atoms with Crippen LogP contribution in [0.4, 0.5) is 22.7 Å².